The average Bonchev–Trinajstić information content (AvgIpc) is 2.82. The van der Waals surface area contributed by atoms with E-state index in [0.717, 1.165) is 19.3 Å². The lowest BCUT2D eigenvalue weighted by Crippen LogP contribution is -2.50. The highest BCUT2D eigenvalue weighted by atomic mass is 35.5. The van der Waals surface area contributed by atoms with Crippen LogP contribution < -0.4 is 15.8 Å². The quantitative estimate of drug-likeness (QED) is 0.581. The maximum absolute atomic E-state index is 13.0. The third-order valence-corrected chi connectivity index (χ3v) is 6.08. The van der Waals surface area contributed by atoms with Crippen molar-refractivity contribution < 1.29 is 14.3 Å². The van der Waals surface area contributed by atoms with Crippen molar-refractivity contribution >= 4 is 23.2 Å². The molecule has 7 heteroatoms. The molecule has 28 heavy (non-hydrogen) atoms. The number of nitrogens with one attached hydrogen (secondary N) is 1. The molecule has 0 aliphatic carbocycles. The van der Waals surface area contributed by atoms with E-state index in [2.05, 4.69) is 29.1 Å². The molecule has 0 aromatic heterocycles. The van der Waals surface area contributed by atoms with Crippen molar-refractivity contribution in [1.29, 1.82) is 0 Å². The molecular weight excluding hydrogens is 378 g/mol. The summed E-state index contributed by atoms with van der Waals surface area (Å²) < 4.78 is 11.5. The molecule has 3 N–H and O–H groups in total. The van der Waals surface area contributed by atoms with Crippen LogP contribution in [0.5, 0.6) is 5.75 Å². The number of fused-ring (bicyclic) bond motifs is 2. The Kier molecular flexibility index (Phi) is 6.39. The summed E-state index contributed by atoms with van der Waals surface area (Å²) in [6.07, 6.45) is 2.61. The Morgan fingerprint density at radius 2 is 2.14 bits per heavy atom. The molecule has 2 saturated heterocycles. The number of likely N-dealkylation sites (N-methyl/N-ethyl adjacent to an activating group) is 1. The van der Waals surface area contributed by atoms with E-state index in [0.29, 0.717) is 34.1 Å². The van der Waals surface area contributed by atoms with Gasteiger partial charge in [-0.3, -0.25) is 9.69 Å². The number of nitrogens with zero attached hydrogens (tertiary/aromatic N) is 1. The molecule has 0 spiro atoms. The van der Waals surface area contributed by atoms with Crippen molar-refractivity contribution in [2.45, 2.75) is 63.4 Å². The number of carbonyl (C=O) groups excluding carboxylic acids is 1. The van der Waals surface area contributed by atoms with Gasteiger partial charge in [0.2, 0.25) is 0 Å². The highest BCUT2D eigenvalue weighted by Crippen LogP contribution is 2.36. The highest BCUT2D eigenvalue weighted by Gasteiger charge is 2.45. The summed E-state index contributed by atoms with van der Waals surface area (Å²) in [6, 6.07) is 3.97. The SMILES string of the molecule is CC#CC(C)Oc1cc(N)c(Cl)cc1C(=O)NC1CC2CC(OC)C(C1)N2C. The molecule has 2 aliphatic heterocycles. The van der Waals surface area contributed by atoms with E-state index < -0.39 is 0 Å². The van der Waals surface area contributed by atoms with Gasteiger partial charge in [0.25, 0.3) is 5.91 Å². The maximum Gasteiger partial charge on any atom is 0.255 e. The Labute approximate surface area is 171 Å². The molecular formula is C21H28ClN3O3. The number of rotatable bonds is 5. The minimum Gasteiger partial charge on any atom is -0.477 e. The Morgan fingerprint density at radius 3 is 2.82 bits per heavy atom. The monoisotopic (exact) mass is 405 g/mol. The summed E-state index contributed by atoms with van der Waals surface area (Å²) >= 11 is 6.17. The van der Waals surface area contributed by atoms with E-state index in [1.807, 2.05) is 6.92 Å². The molecule has 0 radical (unpaired) electrons. The topological polar surface area (TPSA) is 76.8 Å². The summed E-state index contributed by atoms with van der Waals surface area (Å²) in [5.74, 6) is 5.90. The van der Waals surface area contributed by atoms with Crippen molar-refractivity contribution in [1.82, 2.24) is 10.2 Å². The Morgan fingerprint density at radius 1 is 1.39 bits per heavy atom. The van der Waals surface area contributed by atoms with Gasteiger partial charge >= 0.3 is 0 Å². The maximum atomic E-state index is 13.0. The van der Waals surface area contributed by atoms with Gasteiger partial charge in [-0.15, -0.1) is 5.92 Å². The predicted octanol–water partition coefficient (Wildman–Crippen LogP) is 2.69. The van der Waals surface area contributed by atoms with E-state index in [-0.39, 0.29) is 24.2 Å². The van der Waals surface area contributed by atoms with Crippen molar-refractivity contribution in [2.75, 3.05) is 19.9 Å². The number of methoxy groups -OCH3 is 1. The first-order valence-corrected chi connectivity index (χ1v) is 9.95. The molecule has 152 valence electrons. The normalized spacial score (nSPS) is 27.6. The minimum absolute atomic E-state index is 0.0795. The first kappa shape index (κ1) is 20.8. The van der Waals surface area contributed by atoms with E-state index in [1.54, 1.807) is 26.2 Å². The van der Waals surface area contributed by atoms with Crippen LogP contribution in [0, 0.1) is 11.8 Å². The molecule has 2 bridgehead atoms. The molecule has 1 aromatic carbocycles. The van der Waals surface area contributed by atoms with Gasteiger partial charge in [-0.25, -0.2) is 0 Å². The number of nitrogens with two attached hydrogens (primary N) is 1. The predicted molar refractivity (Wildman–Crippen MR) is 111 cm³/mol. The first-order valence-electron chi connectivity index (χ1n) is 9.57. The number of carbonyl (C=O) groups is 1. The fraction of sp³-hybridized carbons (Fsp3) is 0.571. The van der Waals surface area contributed by atoms with Gasteiger partial charge in [0.05, 0.1) is 22.4 Å². The number of nitrogen functional groups attached to an aromatic ring is 1. The summed E-state index contributed by atoms with van der Waals surface area (Å²) in [4.78, 5) is 15.4. The second-order valence-corrected chi connectivity index (χ2v) is 7.97. The van der Waals surface area contributed by atoms with Gasteiger partial charge in [0.1, 0.15) is 5.75 Å². The van der Waals surface area contributed by atoms with Crippen LogP contribution in [0.4, 0.5) is 5.69 Å². The van der Waals surface area contributed by atoms with Crippen LogP contribution in [0.3, 0.4) is 0 Å². The Balaban J connectivity index is 1.77. The molecule has 1 amide bonds. The molecule has 2 aliphatic rings. The number of ether oxygens (including phenoxy) is 2. The summed E-state index contributed by atoms with van der Waals surface area (Å²) in [5, 5.41) is 3.49. The molecule has 2 heterocycles. The number of hydrogen-bond donors (Lipinski definition) is 2. The third kappa shape index (κ3) is 4.22. The van der Waals surface area contributed by atoms with E-state index >= 15 is 0 Å². The number of hydrogen-bond acceptors (Lipinski definition) is 5. The van der Waals surface area contributed by atoms with E-state index in [1.165, 1.54) is 0 Å². The third-order valence-electron chi connectivity index (χ3n) is 5.75. The van der Waals surface area contributed by atoms with Crippen LogP contribution in [0.25, 0.3) is 0 Å². The summed E-state index contributed by atoms with van der Waals surface area (Å²) in [7, 11) is 3.89. The number of piperidine rings is 1. The van der Waals surface area contributed by atoms with Gasteiger partial charge < -0.3 is 20.5 Å². The van der Waals surface area contributed by atoms with Crippen LogP contribution in [-0.4, -0.2) is 55.3 Å². The number of benzene rings is 1. The van der Waals surface area contributed by atoms with E-state index in [9.17, 15) is 4.79 Å². The molecule has 5 atom stereocenters. The lowest BCUT2D eigenvalue weighted by atomic mass is 9.97. The summed E-state index contributed by atoms with van der Waals surface area (Å²) in [5.41, 5.74) is 6.65. The molecule has 3 rings (SSSR count). The Hall–Kier alpha value is -1.94. The number of amides is 1. The highest BCUT2D eigenvalue weighted by molar-refractivity contribution is 6.33. The van der Waals surface area contributed by atoms with Crippen molar-refractivity contribution in [3.63, 3.8) is 0 Å². The van der Waals surface area contributed by atoms with Crippen molar-refractivity contribution in [3.05, 3.63) is 22.7 Å². The van der Waals surface area contributed by atoms with Gasteiger partial charge in [0.15, 0.2) is 6.10 Å². The van der Waals surface area contributed by atoms with Gasteiger partial charge in [-0.1, -0.05) is 17.5 Å². The Bertz CT molecular complexity index is 804. The zero-order chi connectivity index (χ0) is 20.4. The smallest absolute Gasteiger partial charge is 0.255 e. The zero-order valence-corrected chi connectivity index (χ0v) is 17.5. The van der Waals surface area contributed by atoms with Gasteiger partial charge in [-0.05, 0) is 46.2 Å². The van der Waals surface area contributed by atoms with E-state index in [4.69, 9.17) is 26.8 Å². The molecule has 5 unspecified atom stereocenters. The lowest BCUT2D eigenvalue weighted by molar-refractivity contribution is 0.0523. The number of halogens is 1. The van der Waals surface area contributed by atoms with Crippen LogP contribution in [-0.2, 0) is 4.74 Å². The van der Waals surface area contributed by atoms with Crippen LogP contribution in [0.15, 0.2) is 12.1 Å². The minimum atomic E-state index is -0.362. The summed E-state index contributed by atoms with van der Waals surface area (Å²) in [6.45, 7) is 3.56. The molecule has 2 fully saturated rings. The van der Waals surface area contributed by atoms with Gasteiger partial charge in [-0.2, -0.15) is 0 Å². The largest absolute Gasteiger partial charge is 0.477 e. The molecule has 0 saturated carbocycles. The molecule has 6 nitrogen and oxygen atoms in total. The number of anilines is 1. The molecule has 1 aromatic rings. The van der Waals surface area contributed by atoms with Crippen LogP contribution >= 0.6 is 11.6 Å². The van der Waals surface area contributed by atoms with Crippen LogP contribution in [0.2, 0.25) is 5.02 Å². The first-order chi connectivity index (χ1) is 13.3. The second-order valence-electron chi connectivity index (χ2n) is 7.56. The zero-order valence-electron chi connectivity index (χ0n) is 16.8. The van der Waals surface area contributed by atoms with Gasteiger partial charge in [0, 0.05) is 31.3 Å². The van der Waals surface area contributed by atoms with Crippen LogP contribution in [0.1, 0.15) is 43.5 Å². The van der Waals surface area contributed by atoms with Crippen molar-refractivity contribution in [2.24, 2.45) is 0 Å². The average molecular weight is 406 g/mol. The fourth-order valence-electron chi connectivity index (χ4n) is 4.32. The standard InChI is InChI=1S/C21H28ClN3O3/c1-5-6-12(2)28-19-11-17(23)16(22)10-15(19)21(26)24-13-7-14-9-20(27-4)18(8-13)25(14)3/h10-14,18,20H,7-9,23H2,1-4H3,(H,24,26). The van der Waals surface area contributed by atoms with Crippen molar-refractivity contribution in [3.8, 4) is 17.6 Å². The lowest BCUT2D eigenvalue weighted by Gasteiger charge is -2.37. The fourth-order valence-corrected chi connectivity index (χ4v) is 4.49. The second kappa shape index (κ2) is 8.60.